The summed E-state index contributed by atoms with van der Waals surface area (Å²) in [6, 6.07) is 13.0. The van der Waals surface area contributed by atoms with Gasteiger partial charge in [-0.25, -0.2) is 0 Å². The van der Waals surface area contributed by atoms with Gasteiger partial charge in [0.05, 0.1) is 4.90 Å². The largest absolute Gasteiger partial charge is 0.345 e. The standard InChI is InChI=1S/C20H21N3O4S/c1-14-6-8-16(9-7-14)28(26,27)21-19-11-10-18(23(24)25)20-17-5-3-2-4-15(17)12-13-22(19)20/h2-9,18,20H,10-13H2,1H3/b21-19+/t18-,20-/m1/s1. The van der Waals surface area contributed by atoms with Crippen LogP contribution in [-0.4, -0.2) is 36.7 Å². The summed E-state index contributed by atoms with van der Waals surface area (Å²) in [7, 11) is -3.87. The van der Waals surface area contributed by atoms with Crippen molar-refractivity contribution in [1.29, 1.82) is 0 Å². The highest BCUT2D eigenvalue weighted by molar-refractivity contribution is 7.90. The minimum absolute atomic E-state index is 0.135. The Balaban J connectivity index is 1.75. The molecule has 0 aliphatic carbocycles. The molecular weight excluding hydrogens is 378 g/mol. The fourth-order valence-corrected chi connectivity index (χ4v) is 5.16. The third kappa shape index (κ3) is 3.28. The Morgan fingerprint density at radius 2 is 1.82 bits per heavy atom. The summed E-state index contributed by atoms with van der Waals surface area (Å²) in [5.74, 6) is 0.415. The molecule has 0 N–H and O–H groups in total. The normalized spacial score (nSPS) is 23.2. The number of hydrogen-bond acceptors (Lipinski definition) is 4. The molecule has 2 aliphatic rings. The third-order valence-corrected chi connectivity index (χ3v) is 6.83. The minimum atomic E-state index is -3.87. The van der Waals surface area contributed by atoms with Crippen molar-refractivity contribution in [2.45, 2.75) is 43.2 Å². The monoisotopic (exact) mass is 399 g/mol. The molecule has 0 spiro atoms. The number of piperidine rings is 1. The van der Waals surface area contributed by atoms with E-state index in [2.05, 4.69) is 4.40 Å². The number of rotatable bonds is 3. The molecule has 28 heavy (non-hydrogen) atoms. The van der Waals surface area contributed by atoms with E-state index in [1.807, 2.05) is 36.1 Å². The molecule has 0 radical (unpaired) electrons. The molecule has 0 unspecified atom stereocenters. The van der Waals surface area contributed by atoms with Crippen molar-refractivity contribution in [3.05, 3.63) is 75.3 Å². The topological polar surface area (TPSA) is 92.9 Å². The molecule has 0 amide bonds. The van der Waals surface area contributed by atoms with Crippen molar-refractivity contribution >= 4 is 15.9 Å². The van der Waals surface area contributed by atoms with E-state index in [1.165, 1.54) is 0 Å². The number of nitro groups is 1. The molecule has 2 atom stereocenters. The van der Waals surface area contributed by atoms with Crippen LogP contribution >= 0.6 is 0 Å². The first kappa shape index (κ1) is 18.6. The van der Waals surface area contributed by atoms with Gasteiger partial charge in [-0.3, -0.25) is 10.1 Å². The van der Waals surface area contributed by atoms with Crippen molar-refractivity contribution in [2.24, 2.45) is 4.40 Å². The van der Waals surface area contributed by atoms with E-state index >= 15 is 0 Å². The molecule has 2 aliphatic heterocycles. The number of benzene rings is 2. The van der Waals surface area contributed by atoms with Crippen molar-refractivity contribution in [3.63, 3.8) is 0 Å². The van der Waals surface area contributed by atoms with Crippen LogP contribution in [0.25, 0.3) is 0 Å². The summed E-state index contributed by atoms with van der Waals surface area (Å²) in [6.45, 7) is 2.41. The molecule has 1 fully saturated rings. The average Bonchev–Trinajstić information content (AvgIpc) is 2.68. The third-order valence-electron chi connectivity index (χ3n) is 5.51. The second-order valence-corrected chi connectivity index (χ2v) is 8.88. The Morgan fingerprint density at radius 3 is 2.54 bits per heavy atom. The lowest BCUT2D eigenvalue weighted by Gasteiger charge is -2.43. The molecule has 146 valence electrons. The number of sulfonamides is 1. The highest BCUT2D eigenvalue weighted by Crippen LogP contribution is 2.39. The van der Waals surface area contributed by atoms with E-state index < -0.39 is 22.1 Å². The first-order valence-corrected chi connectivity index (χ1v) is 10.7. The minimum Gasteiger partial charge on any atom is -0.345 e. The van der Waals surface area contributed by atoms with E-state index in [0.717, 1.165) is 16.7 Å². The smallest absolute Gasteiger partial charge is 0.283 e. The fourth-order valence-electron chi connectivity index (χ4n) is 4.10. The number of nitrogens with zero attached hydrogens (tertiary/aromatic N) is 3. The zero-order chi connectivity index (χ0) is 19.9. The Labute approximate surface area is 163 Å². The quantitative estimate of drug-likeness (QED) is 0.584. The predicted molar refractivity (Wildman–Crippen MR) is 105 cm³/mol. The van der Waals surface area contributed by atoms with Gasteiger partial charge in [-0.1, -0.05) is 42.0 Å². The van der Waals surface area contributed by atoms with Crippen LogP contribution in [0.2, 0.25) is 0 Å². The number of hydrogen-bond donors (Lipinski definition) is 0. The average molecular weight is 399 g/mol. The lowest BCUT2D eigenvalue weighted by Crippen LogP contribution is -2.51. The first-order chi connectivity index (χ1) is 13.4. The lowest BCUT2D eigenvalue weighted by atomic mass is 9.83. The van der Waals surface area contributed by atoms with Crippen LogP contribution in [0.5, 0.6) is 0 Å². The molecule has 0 aromatic heterocycles. The van der Waals surface area contributed by atoms with Crippen LogP contribution in [-0.2, 0) is 16.4 Å². The van der Waals surface area contributed by atoms with E-state index in [1.54, 1.807) is 24.3 Å². The zero-order valence-electron chi connectivity index (χ0n) is 15.5. The molecule has 2 aromatic rings. The van der Waals surface area contributed by atoms with Crippen LogP contribution in [0, 0.1) is 17.0 Å². The summed E-state index contributed by atoms with van der Waals surface area (Å²) < 4.78 is 29.7. The predicted octanol–water partition coefficient (Wildman–Crippen LogP) is 3.12. The van der Waals surface area contributed by atoms with Gasteiger partial charge in [0.15, 0.2) is 0 Å². The van der Waals surface area contributed by atoms with Gasteiger partial charge >= 0.3 is 0 Å². The van der Waals surface area contributed by atoms with E-state index in [4.69, 9.17) is 0 Å². The van der Waals surface area contributed by atoms with Gasteiger partial charge < -0.3 is 4.90 Å². The van der Waals surface area contributed by atoms with Gasteiger partial charge in [0.2, 0.25) is 6.04 Å². The second kappa shape index (κ2) is 7.01. The summed E-state index contributed by atoms with van der Waals surface area (Å²) in [6.07, 6.45) is 1.25. The van der Waals surface area contributed by atoms with Crippen LogP contribution in [0.4, 0.5) is 0 Å². The van der Waals surface area contributed by atoms with E-state index in [-0.39, 0.29) is 22.7 Å². The SMILES string of the molecule is Cc1ccc(S(=O)(=O)/N=C2\CC[C@@H]([N+](=O)[O-])[C@H]3c4ccccc4CCN23)cc1. The molecular formula is C20H21N3O4S. The highest BCUT2D eigenvalue weighted by atomic mass is 32.2. The van der Waals surface area contributed by atoms with Gasteiger partial charge in [0, 0.05) is 24.3 Å². The van der Waals surface area contributed by atoms with Gasteiger partial charge in [-0.15, -0.1) is 4.40 Å². The maximum atomic E-state index is 12.8. The van der Waals surface area contributed by atoms with Crippen molar-refractivity contribution < 1.29 is 13.3 Å². The van der Waals surface area contributed by atoms with Crippen LogP contribution < -0.4 is 0 Å². The van der Waals surface area contributed by atoms with Gasteiger partial charge in [0.1, 0.15) is 11.9 Å². The lowest BCUT2D eigenvalue weighted by molar-refractivity contribution is -0.533. The Bertz CT molecular complexity index is 1050. The highest BCUT2D eigenvalue weighted by Gasteiger charge is 2.45. The molecule has 8 heteroatoms. The van der Waals surface area contributed by atoms with E-state index in [0.29, 0.717) is 18.8 Å². The van der Waals surface area contributed by atoms with Crippen LogP contribution in [0.15, 0.2) is 57.8 Å². The number of fused-ring (bicyclic) bond motifs is 3. The number of amidine groups is 1. The molecule has 1 saturated heterocycles. The number of aryl methyl sites for hydroxylation is 1. The van der Waals surface area contributed by atoms with Crippen LogP contribution in [0.3, 0.4) is 0 Å². The molecule has 0 saturated carbocycles. The van der Waals surface area contributed by atoms with Crippen molar-refractivity contribution in [2.75, 3.05) is 6.54 Å². The second-order valence-electron chi connectivity index (χ2n) is 7.27. The summed E-state index contributed by atoms with van der Waals surface area (Å²) in [5, 5.41) is 11.7. The van der Waals surface area contributed by atoms with Crippen molar-refractivity contribution in [1.82, 2.24) is 4.90 Å². The van der Waals surface area contributed by atoms with Crippen molar-refractivity contribution in [3.8, 4) is 0 Å². The van der Waals surface area contributed by atoms with Gasteiger partial charge in [-0.05, 0) is 36.6 Å². The van der Waals surface area contributed by atoms with Crippen LogP contribution in [0.1, 0.15) is 35.6 Å². The molecule has 0 bridgehead atoms. The Morgan fingerprint density at radius 1 is 1.11 bits per heavy atom. The summed E-state index contributed by atoms with van der Waals surface area (Å²) in [5.41, 5.74) is 2.94. The molecule has 2 aromatic carbocycles. The maximum absolute atomic E-state index is 12.8. The first-order valence-electron chi connectivity index (χ1n) is 9.25. The summed E-state index contributed by atoms with van der Waals surface area (Å²) >= 11 is 0. The fraction of sp³-hybridized carbons (Fsp3) is 0.350. The zero-order valence-corrected chi connectivity index (χ0v) is 16.3. The molecule has 4 rings (SSSR count). The van der Waals surface area contributed by atoms with Gasteiger partial charge in [0.25, 0.3) is 10.0 Å². The molecule has 7 nitrogen and oxygen atoms in total. The van der Waals surface area contributed by atoms with Gasteiger partial charge in [-0.2, -0.15) is 8.42 Å². The summed E-state index contributed by atoms with van der Waals surface area (Å²) in [4.78, 5) is 13.4. The van der Waals surface area contributed by atoms with E-state index in [9.17, 15) is 18.5 Å². The Kier molecular flexibility index (Phi) is 4.66. The molecule has 2 heterocycles. The Hall–Kier alpha value is -2.74. The maximum Gasteiger partial charge on any atom is 0.283 e.